The van der Waals surface area contributed by atoms with Crippen molar-refractivity contribution in [3.8, 4) is 6.01 Å². The predicted molar refractivity (Wildman–Crippen MR) is 79.6 cm³/mol. The highest BCUT2D eigenvalue weighted by molar-refractivity contribution is 5.36. The summed E-state index contributed by atoms with van der Waals surface area (Å²) in [7, 11) is 1.78. The van der Waals surface area contributed by atoms with E-state index in [0.29, 0.717) is 23.8 Å². The Morgan fingerprint density at radius 2 is 1.90 bits per heavy atom. The van der Waals surface area contributed by atoms with Crippen molar-refractivity contribution in [3.63, 3.8) is 0 Å². The number of ether oxygens (including phenoxy) is 2. The quantitative estimate of drug-likeness (QED) is 0.825. The van der Waals surface area contributed by atoms with Crippen molar-refractivity contribution in [1.82, 2.24) is 15.0 Å². The van der Waals surface area contributed by atoms with E-state index in [4.69, 9.17) is 9.47 Å². The number of nitrogens with one attached hydrogen (secondary N) is 2. The van der Waals surface area contributed by atoms with Gasteiger partial charge < -0.3 is 20.1 Å². The molecule has 21 heavy (non-hydrogen) atoms. The second-order valence-corrected chi connectivity index (χ2v) is 5.89. The number of rotatable bonds is 6. The van der Waals surface area contributed by atoms with E-state index < -0.39 is 0 Å². The Kier molecular flexibility index (Phi) is 4.10. The van der Waals surface area contributed by atoms with E-state index in [2.05, 4.69) is 25.6 Å². The maximum absolute atomic E-state index is 5.83. The normalized spacial score (nSPS) is 25.1. The molecular formula is C14H23N5O2. The van der Waals surface area contributed by atoms with Crippen molar-refractivity contribution in [2.24, 2.45) is 5.92 Å². The third kappa shape index (κ3) is 3.53. The van der Waals surface area contributed by atoms with E-state index in [9.17, 15) is 0 Å². The Bertz CT molecular complexity index is 492. The van der Waals surface area contributed by atoms with Gasteiger partial charge in [-0.2, -0.15) is 15.0 Å². The van der Waals surface area contributed by atoms with Crippen molar-refractivity contribution in [3.05, 3.63) is 0 Å². The second kappa shape index (κ2) is 6.01. The lowest BCUT2D eigenvalue weighted by molar-refractivity contribution is 0.0897. The monoisotopic (exact) mass is 293 g/mol. The molecule has 116 valence electrons. The summed E-state index contributed by atoms with van der Waals surface area (Å²) >= 11 is 0. The predicted octanol–water partition coefficient (Wildman–Crippen LogP) is 1.68. The van der Waals surface area contributed by atoms with E-state index in [0.717, 1.165) is 13.0 Å². The van der Waals surface area contributed by atoms with Crippen molar-refractivity contribution in [1.29, 1.82) is 0 Å². The van der Waals surface area contributed by atoms with Crippen molar-refractivity contribution in [2.75, 3.05) is 24.3 Å². The van der Waals surface area contributed by atoms with Crippen molar-refractivity contribution < 1.29 is 9.47 Å². The first-order valence-electron chi connectivity index (χ1n) is 7.64. The lowest BCUT2D eigenvalue weighted by Crippen LogP contribution is -2.32. The van der Waals surface area contributed by atoms with Gasteiger partial charge in [-0.25, -0.2) is 0 Å². The summed E-state index contributed by atoms with van der Waals surface area (Å²) < 4.78 is 11.4. The molecule has 1 saturated carbocycles. The molecule has 2 unspecified atom stereocenters. The van der Waals surface area contributed by atoms with Crippen molar-refractivity contribution in [2.45, 2.75) is 51.4 Å². The standard InChI is InChI=1S/C14H23N5O2/c1-8(2)21-14-18-12(15-3)17-13(19-14)16-10-6-7-20-11(10)9-4-5-9/h8-11H,4-7H2,1-3H3,(H2,15,16,17,18,19). The molecule has 3 rings (SSSR count). The molecule has 0 bridgehead atoms. The van der Waals surface area contributed by atoms with E-state index in [-0.39, 0.29) is 18.2 Å². The van der Waals surface area contributed by atoms with Gasteiger partial charge in [-0.15, -0.1) is 0 Å². The van der Waals surface area contributed by atoms with Crippen LogP contribution in [0.2, 0.25) is 0 Å². The first-order chi connectivity index (χ1) is 10.2. The number of anilines is 2. The zero-order chi connectivity index (χ0) is 14.8. The van der Waals surface area contributed by atoms with Crippen LogP contribution in [0.15, 0.2) is 0 Å². The summed E-state index contributed by atoms with van der Waals surface area (Å²) in [4.78, 5) is 12.9. The lowest BCUT2D eigenvalue weighted by atomic mass is 10.1. The van der Waals surface area contributed by atoms with Gasteiger partial charge in [0.15, 0.2) is 0 Å². The largest absolute Gasteiger partial charge is 0.461 e. The molecule has 1 saturated heterocycles. The van der Waals surface area contributed by atoms with Crippen LogP contribution in [0.3, 0.4) is 0 Å². The molecule has 7 nitrogen and oxygen atoms in total. The summed E-state index contributed by atoms with van der Waals surface area (Å²) in [6, 6.07) is 0.616. The molecule has 0 amide bonds. The van der Waals surface area contributed by atoms with Gasteiger partial charge in [-0.3, -0.25) is 0 Å². The average molecular weight is 293 g/mol. The van der Waals surface area contributed by atoms with Crippen LogP contribution in [-0.4, -0.2) is 46.9 Å². The topological polar surface area (TPSA) is 81.2 Å². The molecule has 1 aliphatic carbocycles. The van der Waals surface area contributed by atoms with Crippen molar-refractivity contribution >= 4 is 11.9 Å². The number of nitrogens with zero attached hydrogens (tertiary/aromatic N) is 3. The van der Waals surface area contributed by atoms with Gasteiger partial charge in [-0.05, 0) is 39.0 Å². The Labute approximate surface area is 124 Å². The fourth-order valence-corrected chi connectivity index (χ4v) is 2.62. The molecule has 2 aliphatic rings. The smallest absolute Gasteiger partial charge is 0.323 e. The summed E-state index contributed by atoms with van der Waals surface area (Å²) in [6.45, 7) is 4.70. The molecule has 7 heteroatoms. The van der Waals surface area contributed by atoms with Gasteiger partial charge in [0.25, 0.3) is 0 Å². The van der Waals surface area contributed by atoms with Gasteiger partial charge in [0.05, 0.1) is 18.2 Å². The summed E-state index contributed by atoms with van der Waals surface area (Å²) in [5.41, 5.74) is 0. The van der Waals surface area contributed by atoms with Crippen LogP contribution in [0.25, 0.3) is 0 Å². The zero-order valence-corrected chi connectivity index (χ0v) is 12.8. The Morgan fingerprint density at radius 1 is 1.14 bits per heavy atom. The first kappa shape index (κ1) is 14.3. The minimum Gasteiger partial charge on any atom is -0.461 e. The van der Waals surface area contributed by atoms with E-state index in [1.165, 1.54) is 12.8 Å². The maximum atomic E-state index is 5.83. The highest BCUT2D eigenvalue weighted by atomic mass is 16.5. The average Bonchev–Trinajstić information content (AvgIpc) is 3.18. The van der Waals surface area contributed by atoms with Crippen LogP contribution in [-0.2, 0) is 4.74 Å². The Hall–Kier alpha value is -1.63. The molecular weight excluding hydrogens is 270 g/mol. The second-order valence-electron chi connectivity index (χ2n) is 5.89. The molecule has 1 aliphatic heterocycles. The fraction of sp³-hybridized carbons (Fsp3) is 0.786. The summed E-state index contributed by atoms with van der Waals surface area (Å²) in [6.07, 6.45) is 3.84. The molecule has 2 atom stereocenters. The molecule has 2 N–H and O–H groups in total. The van der Waals surface area contributed by atoms with Crippen LogP contribution < -0.4 is 15.4 Å². The van der Waals surface area contributed by atoms with Gasteiger partial charge >= 0.3 is 6.01 Å². The highest BCUT2D eigenvalue weighted by Gasteiger charge is 2.40. The van der Waals surface area contributed by atoms with E-state index in [1.54, 1.807) is 7.05 Å². The van der Waals surface area contributed by atoms with Gasteiger partial charge in [0.2, 0.25) is 11.9 Å². The lowest BCUT2D eigenvalue weighted by Gasteiger charge is -2.20. The highest BCUT2D eigenvalue weighted by Crippen LogP contribution is 2.39. The third-order valence-corrected chi connectivity index (χ3v) is 3.72. The maximum Gasteiger partial charge on any atom is 0.323 e. The molecule has 0 radical (unpaired) electrons. The van der Waals surface area contributed by atoms with Gasteiger partial charge in [0.1, 0.15) is 0 Å². The van der Waals surface area contributed by atoms with Crippen LogP contribution in [0.1, 0.15) is 33.1 Å². The Balaban J connectivity index is 1.74. The molecule has 1 aromatic rings. The fourth-order valence-electron chi connectivity index (χ4n) is 2.62. The molecule has 2 fully saturated rings. The van der Waals surface area contributed by atoms with Crippen LogP contribution >= 0.6 is 0 Å². The van der Waals surface area contributed by atoms with Gasteiger partial charge in [0, 0.05) is 13.7 Å². The number of hydrogen-bond donors (Lipinski definition) is 2. The van der Waals surface area contributed by atoms with E-state index in [1.807, 2.05) is 13.8 Å². The SMILES string of the molecule is CNc1nc(NC2CCOC2C2CC2)nc(OC(C)C)n1. The van der Waals surface area contributed by atoms with Crippen LogP contribution in [0.5, 0.6) is 6.01 Å². The first-order valence-corrected chi connectivity index (χ1v) is 7.64. The number of aromatic nitrogens is 3. The Morgan fingerprint density at radius 3 is 2.57 bits per heavy atom. The summed E-state index contributed by atoms with van der Waals surface area (Å²) in [5, 5.41) is 6.33. The third-order valence-electron chi connectivity index (χ3n) is 3.72. The minimum absolute atomic E-state index is 0.0268. The number of hydrogen-bond acceptors (Lipinski definition) is 7. The minimum atomic E-state index is 0.0268. The molecule has 0 spiro atoms. The van der Waals surface area contributed by atoms with Crippen LogP contribution in [0.4, 0.5) is 11.9 Å². The zero-order valence-electron chi connectivity index (χ0n) is 12.8. The molecule has 1 aromatic heterocycles. The molecule has 2 heterocycles. The molecule has 0 aromatic carbocycles. The van der Waals surface area contributed by atoms with Gasteiger partial charge in [-0.1, -0.05) is 0 Å². The summed E-state index contributed by atoms with van der Waals surface area (Å²) in [5.74, 6) is 1.75. The van der Waals surface area contributed by atoms with Crippen LogP contribution in [0, 0.1) is 5.92 Å². The van der Waals surface area contributed by atoms with E-state index >= 15 is 0 Å².